The minimum Gasteiger partial charge on any atom is -0.381 e. The van der Waals surface area contributed by atoms with Crippen LogP contribution in [0, 0.1) is 17.0 Å². The van der Waals surface area contributed by atoms with Gasteiger partial charge in [-0.05, 0) is 33.6 Å². The molecule has 0 amide bonds. The molecule has 106 valence electrons. The van der Waals surface area contributed by atoms with Crippen molar-refractivity contribution in [3.05, 3.63) is 15.8 Å². The van der Waals surface area contributed by atoms with Crippen LogP contribution in [0.25, 0.3) is 0 Å². The number of nitro groups is 1. The molecular formula is C12H20N4O3. The molecule has 2 rings (SSSR count). The molecular weight excluding hydrogens is 248 g/mol. The standard InChI is InChI=1S/C12H20N4O3/c1-8(2)15-12(11(16(17)18)9(3)14-15)13-10-4-6-19-7-5-10/h8,10,13H,4-7H2,1-3H3. The summed E-state index contributed by atoms with van der Waals surface area (Å²) in [4.78, 5) is 10.8. The normalized spacial score (nSPS) is 16.8. The Balaban J connectivity index is 2.32. The Kier molecular flexibility index (Phi) is 4.04. The number of aromatic nitrogens is 2. The number of anilines is 1. The first kappa shape index (κ1) is 13.8. The lowest BCUT2D eigenvalue weighted by Gasteiger charge is -2.24. The van der Waals surface area contributed by atoms with E-state index in [1.807, 2.05) is 13.8 Å². The summed E-state index contributed by atoms with van der Waals surface area (Å²) in [6, 6.07) is 0.288. The van der Waals surface area contributed by atoms with Crippen molar-refractivity contribution in [2.45, 2.75) is 45.7 Å². The van der Waals surface area contributed by atoms with Crippen molar-refractivity contribution in [2.75, 3.05) is 18.5 Å². The summed E-state index contributed by atoms with van der Waals surface area (Å²) < 4.78 is 7.00. The number of hydrogen-bond acceptors (Lipinski definition) is 5. The Bertz CT molecular complexity index is 464. The van der Waals surface area contributed by atoms with Gasteiger partial charge in [-0.25, -0.2) is 4.68 Å². The van der Waals surface area contributed by atoms with Gasteiger partial charge in [-0.15, -0.1) is 0 Å². The molecule has 0 aliphatic carbocycles. The van der Waals surface area contributed by atoms with Gasteiger partial charge in [-0.1, -0.05) is 0 Å². The molecule has 0 saturated carbocycles. The van der Waals surface area contributed by atoms with E-state index in [0.717, 1.165) is 12.8 Å². The van der Waals surface area contributed by atoms with Gasteiger partial charge >= 0.3 is 5.69 Å². The highest BCUT2D eigenvalue weighted by Gasteiger charge is 2.28. The smallest absolute Gasteiger partial charge is 0.333 e. The van der Waals surface area contributed by atoms with Crippen molar-refractivity contribution in [2.24, 2.45) is 0 Å². The van der Waals surface area contributed by atoms with Gasteiger partial charge in [0.2, 0.25) is 5.82 Å². The second kappa shape index (κ2) is 5.56. The van der Waals surface area contributed by atoms with Crippen LogP contribution in [0.15, 0.2) is 0 Å². The molecule has 1 saturated heterocycles. The van der Waals surface area contributed by atoms with Crippen LogP contribution >= 0.6 is 0 Å². The summed E-state index contributed by atoms with van der Waals surface area (Å²) in [6.07, 6.45) is 1.72. The Morgan fingerprint density at radius 3 is 2.63 bits per heavy atom. The first-order valence-electron chi connectivity index (χ1n) is 6.58. The van der Waals surface area contributed by atoms with Gasteiger partial charge in [0, 0.05) is 25.3 Å². The van der Waals surface area contributed by atoms with Crippen molar-refractivity contribution in [3.63, 3.8) is 0 Å². The molecule has 0 spiro atoms. The van der Waals surface area contributed by atoms with E-state index in [1.54, 1.807) is 11.6 Å². The summed E-state index contributed by atoms with van der Waals surface area (Å²) >= 11 is 0. The number of rotatable bonds is 4. The van der Waals surface area contributed by atoms with Crippen LogP contribution in [0.4, 0.5) is 11.5 Å². The molecule has 1 aromatic heterocycles. The molecule has 0 aromatic carbocycles. The first-order valence-corrected chi connectivity index (χ1v) is 6.58. The molecule has 0 unspecified atom stereocenters. The largest absolute Gasteiger partial charge is 0.381 e. The van der Waals surface area contributed by atoms with E-state index in [1.165, 1.54) is 0 Å². The lowest BCUT2D eigenvalue weighted by molar-refractivity contribution is -0.384. The zero-order valence-corrected chi connectivity index (χ0v) is 11.5. The SMILES string of the molecule is Cc1nn(C(C)C)c(NC2CCOCC2)c1[N+](=O)[O-]. The van der Waals surface area contributed by atoms with Crippen LogP contribution < -0.4 is 5.32 Å². The van der Waals surface area contributed by atoms with Gasteiger partial charge in [0.1, 0.15) is 5.69 Å². The zero-order chi connectivity index (χ0) is 14.0. The first-order chi connectivity index (χ1) is 9.00. The van der Waals surface area contributed by atoms with Crippen molar-refractivity contribution < 1.29 is 9.66 Å². The highest BCUT2D eigenvalue weighted by Crippen LogP contribution is 2.32. The van der Waals surface area contributed by atoms with E-state index in [-0.39, 0.29) is 22.7 Å². The molecule has 19 heavy (non-hydrogen) atoms. The Hall–Kier alpha value is -1.63. The Morgan fingerprint density at radius 2 is 2.11 bits per heavy atom. The number of hydrogen-bond donors (Lipinski definition) is 1. The molecule has 0 radical (unpaired) electrons. The quantitative estimate of drug-likeness (QED) is 0.669. The monoisotopic (exact) mass is 268 g/mol. The van der Waals surface area contributed by atoms with Crippen LogP contribution in [0.3, 0.4) is 0 Å². The highest BCUT2D eigenvalue weighted by molar-refractivity contribution is 5.60. The lowest BCUT2D eigenvalue weighted by Crippen LogP contribution is -2.29. The fourth-order valence-electron chi connectivity index (χ4n) is 2.30. The second-order valence-electron chi connectivity index (χ2n) is 5.11. The number of nitrogens with zero attached hydrogens (tertiary/aromatic N) is 3. The zero-order valence-electron chi connectivity index (χ0n) is 11.5. The van der Waals surface area contributed by atoms with Crippen LogP contribution in [0.1, 0.15) is 38.4 Å². The Morgan fingerprint density at radius 1 is 1.47 bits per heavy atom. The van der Waals surface area contributed by atoms with E-state index >= 15 is 0 Å². The van der Waals surface area contributed by atoms with Gasteiger partial charge in [0.25, 0.3) is 0 Å². The fraction of sp³-hybridized carbons (Fsp3) is 0.750. The predicted octanol–water partition coefficient (Wildman–Crippen LogP) is 2.27. The van der Waals surface area contributed by atoms with Gasteiger partial charge in [0.15, 0.2) is 0 Å². The third kappa shape index (κ3) is 2.86. The number of aryl methyl sites for hydroxylation is 1. The molecule has 1 aliphatic heterocycles. The molecule has 7 nitrogen and oxygen atoms in total. The topological polar surface area (TPSA) is 82.2 Å². The average Bonchev–Trinajstić information content (AvgIpc) is 2.67. The van der Waals surface area contributed by atoms with Crippen LogP contribution in [-0.2, 0) is 4.74 Å². The minimum atomic E-state index is -0.358. The predicted molar refractivity (Wildman–Crippen MR) is 71.5 cm³/mol. The second-order valence-corrected chi connectivity index (χ2v) is 5.11. The van der Waals surface area contributed by atoms with Crippen molar-refractivity contribution in [1.29, 1.82) is 0 Å². The summed E-state index contributed by atoms with van der Waals surface area (Å²) in [5.74, 6) is 0.518. The summed E-state index contributed by atoms with van der Waals surface area (Å²) in [5, 5.41) is 18.8. The molecule has 1 fully saturated rings. The number of ether oxygens (including phenoxy) is 1. The van der Waals surface area contributed by atoms with Gasteiger partial charge in [0.05, 0.1) is 4.92 Å². The van der Waals surface area contributed by atoms with Gasteiger partial charge in [-0.2, -0.15) is 5.10 Å². The maximum atomic E-state index is 11.2. The lowest BCUT2D eigenvalue weighted by atomic mass is 10.1. The van der Waals surface area contributed by atoms with Crippen molar-refractivity contribution in [1.82, 2.24) is 9.78 Å². The van der Waals surface area contributed by atoms with Crippen LogP contribution in [-0.4, -0.2) is 34.0 Å². The summed E-state index contributed by atoms with van der Waals surface area (Å²) in [6.45, 7) is 6.99. The van der Waals surface area contributed by atoms with E-state index in [0.29, 0.717) is 24.7 Å². The molecule has 2 heterocycles. The van der Waals surface area contributed by atoms with E-state index < -0.39 is 0 Å². The average molecular weight is 268 g/mol. The van der Waals surface area contributed by atoms with Gasteiger partial charge in [-0.3, -0.25) is 10.1 Å². The maximum Gasteiger partial charge on any atom is 0.333 e. The van der Waals surface area contributed by atoms with E-state index in [9.17, 15) is 10.1 Å². The third-order valence-corrected chi connectivity index (χ3v) is 3.29. The van der Waals surface area contributed by atoms with Crippen molar-refractivity contribution >= 4 is 11.5 Å². The molecule has 1 aromatic rings. The molecule has 1 N–H and O–H groups in total. The maximum absolute atomic E-state index is 11.2. The number of nitrogens with one attached hydrogen (secondary N) is 1. The Labute approximate surface area is 112 Å². The van der Waals surface area contributed by atoms with Crippen LogP contribution in [0.5, 0.6) is 0 Å². The molecule has 0 atom stereocenters. The van der Waals surface area contributed by atoms with Crippen LogP contribution in [0.2, 0.25) is 0 Å². The van der Waals surface area contributed by atoms with E-state index in [4.69, 9.17) is 4.74 Å². The minimum absolute atomic E-state index is 0.0785. The van der Waals surface area contributed by atoms with E-state index in [2.05, 4.69) is 10.4 Å². The van der Waals surface area contributed by atoms with Crippen molar-refractivity contribution in [3.8, 4) is 0 Å². The van der Waals surface area contributed by atoms with Gasteiger partial charge < -0.3 is 10.1 Å². The highest BCUT2D eigenvalue weighted by atomic mass is 16.6. The molecule has 7 heteroatoms. The fourth-order valence-corrected chi connectivity index (χ4v) is 2.30. The summed E-state index contributed by atoms with van der Waals surface area (Å²) in [5.41, 5.74) is 0.536. The molecule has 1 aliphatic rings. The molecule has 0 bridgehead atoms. The summed E-state index contributed by atoms with van der Waals surface area (Å²) in [7, 11) is 0. The third-order valence-electron chi connectivity index (χ3n) is 3.29.